The minimum Gasteiger partial charge on any atom is -0.478 e. The van der Waals surface area contributed by atoms with Crippen LogP contribution >= 0.6 is 31.9 Å². The fraction of sp³-hybridized carbons (Fsp3) is 0. The molecule has 0 aliphatic carbocycles. The van der Waals surface area contributed by atoms with E-state index in [1.807, 2.05) is 0 Å². The molecule has 0 atom stereocenters. The van der Waals surface area contributed by atoms with Crippen LogP contribution in [0.4, 0.5) is 11.4 Å². The van der Waals surface area contributed by atoms with Gasteiger partial charge >= 0.3 is 5.97 Å². The first-order chi connectivity index (χ1) is 9.86. The highest BCUT2D eigenvalue weighted by Crippen LogP contribution is 2.23. The second-order valence-corrected chi connectivity index (χ2v) is 6.05. The first-order valence-corrected chi connectivity index (χ1v) is 7.35. The van der Waals surface area contributed by atoms with E-state index in [0.29, 0.717) is 21.4 Å². The van der Waals surface area contributed by atoms with Gasteiger partial charge in [-0.15, -0.1) is 0 Å². The van der Waals surface area contributed by atoms with E-state index in [9.17, 15) is 9.59 Å². The first-order valence-electron chi connectivity index (χ1n) is 5.77. The zero-order chi connectivity index (χ0) is 15.6. The van der Waals surface area contributed by atoms with Crippen LogP contribution in [0.5, 0.6) is 0 Å². The quantitative estimate of drug-likeness (QED) is 0.668. The number of hydrogen-bond donors (Lipinski definition) is 3. The van der Waals surface area contributed by atoms with E-state index in [2.05, 4.69) is 37.2 Å². The zero-order valence-electron chi connectivity index (χ0n) is 10.6. The van der Waals surface area contributed by atoms with E-state index in [-0.39, 0.29) is 5.56 Å². The molecule has 0 saturated carbocycles. The average molecular weight is 414 g/mol. The molecule has 0 heterocycles. The molecule has 108 valence electrons. The van der Waals surface area contributed by atoms with Crippen molar-refractivity contribution in [3.8, 4) is 0 Å². The van der Waals surface area contributed by atoms with E-state index < -0.39 is 11.9 Å². The molecular weight excluding hydrogens is 404 g/mol. The number of nitrogens with two attached hydrogens (primary N) is 1. The van der Waals surface area contributed by atoms with Crippen LogP contribution < -0.4 is 11.1 Å². The van der Waals surface area contributed by atoms with Gasteiger partial charge in [-0.05, 0) is 36.4 Å². The fourth-order valence-electron chi connectivity index (χ4n) is 1.72. The molecule has 0 aromatic heterocycles. The Labute approximate surface area is 137 Å². The maximum Gasteiger partial charge on any atom is 0.335 e. The van der Waals surface area contributed by atoms with Crippen LogP contribution in [-0.4, -0.2) is 17.0 Å². The predicted octanol–water partition coefficient (Wildman–Crippen LogP) is 3.74. The van der Waals surface area contributed by atoms with Crippen molar-refractivity contribution in [2.45, 2.75) is 0 Å². The summed E-state index contributed by atoms with van der Waals surface area (Å²) in [5.41, 5.74) is 6.88. The van der Waals surface area contributed by atoms with Crippen LogP contribution in [-0.2, 0) is 0 Å². The molecule has 5 nitrogen and oxygen atoms in total. The molecule has 0 spiro atoms. The SMILES string of the molecule is Nc1cc(Br)ccc1C(=O)Nc1cc(Br)cc(C(=O)O)c1. The monoisotopic (exact) mass is 412 g/mol. The number of halogens is 2. The topological polar surface area (TPSA) is 92.4 Å². The molecule has 0 unspecified atom stereocenters. The number of anilines is 2. The number of amides is 1. The summed E-state index contributed by atoms with van der Waals surface area (Å²) in [6.45, 7) is 0. The molecule has 0 saturated heterocycles. The molecule has 0 aliphatic heterocycles. The Balaban J connectivity index is 2.29. The third-order valence-corrected chi connectivity index (χ3v) is 3.61. The number of aromatic carboxylic acids is 1. The number of carbonyl (C=O) groups excluding carboxylic acids is 1. The highest BCUT2D eigenvalue weighted by atomic mass is 79.9. The van der Waals surface area contributed by atoms with Gasteiger partial charge < -0.3 is 16.2 Å². The van der Waals surface area contributed by atoms with Crippen molar-refractivity contribution in [1.82, 2.24) is 0 Å². The van der Waals surface area contributed by atoms with Gasteiger partial charge in [-0.3, -0.25) is 4.79 Å². The van der Waals surface area contributed by atoms with E-state index in [0.717, 1.165) is 4.47 Å². The van der Waals surface area contributed by atoms with Gasteiger partial charge in [-0.1, -0.05) is 31.9 Å². The smallest absolute Gasteiger partial charge is 0.335 e. The lowest BCUT2D eigenvalue weighted by atomic mass is 10.1. The Morgan fingerprint density at radius 3 is 2.38 bits per heavy atom. The Bertz CT molecular complexity index is 732. The van der Waals surface area contributed by atoms with Gasteiger partial charge in [-0.2, -0.15) is 0 Å². The van der Waals surface area contributed by atoms with Gasteiger partial charge in [0.15, 0.2) is 0 Å². The lowest BCUT2D eigenvalue weighted by molar-refractivity contribution is 0.0696. The van der Waals surface area contributed by atoms with Crippen LogP contribution in [0, 0.1) is 0 Å². The van der Waals surface area contributed by atoms with Crippen molar-refractivity contribution in [2.24, 2.45) is 0 Å². The minimum absolute atomic E-state index is 0.0726. The largest absolute Gasteiger partial charge is 0.478 e. The van der Waals surface area contributed by atoms with Gasteiger partial charge in [-0.25, -0.2) is 4.79 Å². The number of nitrogen functional groups attached to an aromatic ring is 1. The highest BCUT2D eigenvalue weighted by molar-refractivity contribution is 9.10. The molecule has 21 heavy (non-hydrogen) atoms. The summed E-state index contributed by atoms with van der Waals surface area (Å²) in [7, 11) is 0. The number of carboxylic acid groups (broad SMARTS) is 1. The zero-order valence-corrected chi connectivity index (χ0v) is 13.7. The molecule has 0 bridgehead atoms. The van der Waals surface area contributed by atoms with Crippen molar-refractivity contribution in [3.63, 3.8) is 0 Å². The van der Waals surface area contributed by atoms with Gasteiger partial charge in [0.05, 0.1) is 11.1 Å². The van der Waals surface area contributed by atoms with Crippen LogP contribution in [0.3, 0.4) is 0 Å². The molecule has 0 radical (unpaired) electrons. The van der Waals surface area contributed by atoms with Gasteiger partial charge in [0.25, 0.3) is 5.91 Å². The summed E-state index contributed by atoms with van der Waals surface area (Å²) in [5, 5.41) is 11.6. The van der Waals surface area contributed by atoms with E-state index >= 15 is 0 Å². The Morgan fingerprint density at radius 1 is 1.05 bits per heavy atom. The standard InChI is InChI=1S/C14H10Br2N2O3/c15-8-1-2-11(12(17)6-8)13(19)18-10-4-7(14(20)21)3-9(16)5-10/h1-6H,17H2,(H,18,19)(H,20,21). The number of rotatable bonds is 3. The van der Waals surface area contributed by atoms with Crippen molar-refractivity contribution < 1.29 is 14.7 Å². The van der Waals surface area contributed by atoms with Gasteiger partial charge in [0.2, 0.25) is 0 Å². The second-order valence-electron chi connectivity index (χ2n) is 4.22. The highest BCUT2D eigenvalue weighted by Gasteiger charge is 2.12. The van der Waals surface area contributed by atoms with Crippen molar-refractivity contribution in [3.05, 3.63) is 56.5 Å². The number of carboxylic acids is 1. The maximum atomic E-state index is 12.2. The van der Waals surface area contributed by atoms with Crippen LogP contribution in [0.1, 0.15) is 20.7 Å². The summed E-state index contributed by atoms with van der Waals surface area (Å²) >= 11 is 6.47. The average Bonchev–Trinajstić information content (AvgIpc) is 2.37. The molecule has 1 amide bonds. The summed E-state index contributed by atoms with van der Waals surface area (Å²) in [6, 6.07) is 9.35. The van der Waals surface area contributed by atoms with Crippen LogP contribution in [0.15, 0.2) is 45.3 Å². The van der Waals surface area contributed by atoms with E-state index in [4.69, 9.17) is 10.8 Å². The Hall–Kier alpha value is -1.86. The van der Waals surface area contributed by atoms with Gasteiger partial charge in [0, 0.05) is 20.3 Å². The molecule has 7 heteroatoms. The summed E-state index contributed by atoms with van der Waals surface area (Å²) in [6.07, 6.45) is 0. The minimum atomic E-state index is -1.07. The van der Waals surface area contributed by atoms with Gasteiger partial charge in [0.1, 0.15) is 0 Å². The number of carbonyl (C=O) groups is 2. The second kappa shape index (κ2) is 6.28. The van der Waals surface area contributed by atoms with Crippen LogP contribution in [0.2, 0.25) is 0 Å². The summed E-state index contributed by atoms with van der Waals surface area (Å²) in [4.78, 5) is 23.2. The number of nitrogens with one attached hydrogen (secondary N) is 1. The Kier molecular flexibility index (Phi) is 4.64. The number of hydrogen-bond acceptors (Lipinski definition) is 3. The molecule has 4 N–H and O–H groups in total. The molecule has 2 aromatic rings. The third kappa shape index (κ3) is 3.83. The third-order valence-electron chi connectivity index (χ3n) is 2.66. The maximum absolute atomic E-state index is 12.2. The van der Waals surface area contributed by atoms with Crippen molar-refractivity contribution in [1.29, 1.82) is 0 Å². The molecule has 0 fully saturated rings. The first kappa shape index (κ1) is 15.5. The van der Waals surface area contributed by atoms with Crippen molar-refractivity contribution >= 4 is 55.1 Å². The Morgan fingerprint density at radius 2 is 1.76 bits per heavy atom. The normalized spacial score (nSPS) is 10.2. The van der Waals surface area contributed by atoms with E-state index in [1.165, 1.54) is 12.1 Å². The predicted molar refractivity (Wildman–Crippen MR) is 87.6 cm³/mol. The van der Waals surface area contributed by atoms with Crippen molar-refractivity contribution in [2.75, 3.05) is 11.1 Å². The molecule has 0 aliphatic rings. The van der Waals surface area contributed by atoms with E-state index in [1.54, 1.807) is 24.3 Å². The summed E-state index contributed by atoms with van der Waals surface area (Å²) in [5.74, 6) is -1.48. The number of benzene rings is 2. The lowest BCUT2D eigenvalue weighted by Gasteiger charge is -2.09. The van der Waals surface area contributed by atoms with Crippen LogP contribution in [0.25, 0.3) is 0 Å². The molecule has 2 rings (SSSR count). The fourth-order valence-corrected chi connectivity index (χ4v) is 2.60. The molecule has 2 aromatic carbocycles. The molecular formula is C14H10Br2N2O3. The summed E-state index contributed by atoms with van der Waals surface area (Å²) < 4.78 is 1.33. The lowest BCUT2D eigenvalue weighted by Crippen LogP contribution is -2.14.